The topological polar surface area (TPSA) is 55.8 Å². The molecule has 0 amide bonds. The molecule has 0 spiro atoms. The van der Waals surface area contributed by atoms with E-state index in [1.54, 1.807) is 19.1 Å². The minimum atomic E-state index is -0.810. The highest BCUT2D eigenvalue weighted by molar-refractivity contribution is 5.59. The summed E-state index contributed by atoms with van der Waals surface area (Å²) < 4.78 is 9.24. The number of ether oxygens (including phenoxy) is 2. The average molecular weight is 210 g/mol. The summed E-state index contributed by atoms with van der Waals surface area (Å²) in [6, 6.07) is 8.99. The number of benzene rings is 1. The first-order valence-corrected chi connectivity index (χ1v) is 4.76. The zero-order chi connectivity index (χ0) is 11.1. The van der Waals surface area contributed by atoms with Crippen LogP contribution in [0.25, 0.3) is 0 Å². The standard InChI is InChI=1S/C11H14O4/c1-2-14-11(13)15-8-10(12)9-6-4-3-5-7-9/h3-7,10,12H,2,8H2,1H3. The van der Waals surface area contributed by atoms with Crippen molar-refractivity contribution in [1.82, 2.24) is 0 Å². The minimum Gasteiger partial charge on any atom is -0.435 e. The Morgan fingerprint density at radius 3 is 2.60 bits per heavy atom. The van der Waals surface area contributed by atoms with Crippen molar-refractivity contribution >= 4 is 6.16 Å². The molecule has 0 fully saturated rings. The van der Waals surface area contributed by atoms with Crippen LogP contribution in [0.4, 0.5) is 4.79 Å². The van der Waals surface area contributed by atoms with Crippen molar-refractivity contribution in [2.75, 3.05) is 13.2 Å². The summed E-state index contributed by atoms with van der Waals surface area (Å²) in [7, 11) is 0. The van der Waals surface area contributed by atoms with E-state index in [0.717, 1.165) is 0 Å². The van der Waals surface area contributed by atoms with Gasteiger partial charge in [0, 0.05) is 0 Å². The van der Waals surface area contributed by atoms with Gasteiger partial charge < -0.3 is 14.6 Å². The number of aliphatic hydroxyl groups is 1. The second-order valence-corrected chi connectivity index (χ2v) is 2.92. The zero-order valence-electron chi connectivity index (χ0n) is 8.55. The largest absolute Gasteiger partial charge is 0.508 e. The van der Waals surface area contributed by atoms with Crippen molar-refractivity contribution in [3.63, 3.8) is 0 Å². The van der Waals surface area contributed by atoms with Crippen LogP contribution in [0.15, 0.2) is 30.3 Å². The van der Waals surface area contributed by atoms with Gasteiger partial charge in [0.15, 0.2) is 0 Å². The number of carbonyl (C=O) groups is 1. The molecule has 0 aliphatic rings. The molecule has 0 bridgehead atoms. The molecular weight excluding hydrogens is 196 g/mol. The minimum absolute atomic E-state index is 0.0944. The number of aliphatic hydroxyl groups excluding tert-OH is 1. The Kier molecular flexibility index (Phi) is 4.63. The van der Waals surface area contributed by atoms with Crippen LogP contribution in [0, 0.1) is 0 Å². The SMILES string of the molecule is CCOC(=O)OCC(O)c1ccccc1. The molecule has 1 aromatic rings. The van der Waals surface area contributed by atoms with Crippen LogP contribution in [-0.4, -0.2) is 24.5 Å². The fourth-order valence-electron chi connectivity index (χ4n) is 1.08. The number of hydrogen-bond donors (Lipinski definition) is 1. The summed E-state index contributed by atoms with van der Waals surface area (Å²) in [5.41, 5.74) is 0.710. The Labute approximate surface area is 88.4 Å². The maximum absolute atomic E-state index is 10.8. The lowest BCUT2D eigenvalue weighted by Gasteiger charge is -2.10. The Bertz CT molecular complexity index is 297. The van der Waals surface area contributed by atoms with Crippen molar-refractivity contribution in [2.45, 2.75) is 13.0 Å². The van der Waals surface area contributed by atoms with Crippen LogP contribution in [0.5, 0.6) is 0 Å². The van der Waals surface area contributed by atoms with Crippen molar-refractivity contribution < 1.29 is 19.4 Å². The molecule has 1 atom stereocenters. The smallest absolute Gasteiger partial charge is 0.435 e. The van der Waals surface area contributed by atoms with E-state index in [1.807, 2.05) is 18.2 Å². The van der Waals surface area contributed by atoms with Crippen molar-refractivity contribution in [3.05, 3.63) is 35.9 Å². The van der Waals surface area contributed by atoms with Crippen LogP contribution in [0.2, 0.25) is 0 Å². The van der Waals surface area contributed by atoms with E-state index in [-0.39, 0.29) is 13.2 Å². The molecule has 0 saturated carbocycles. The third-order valence-electron chi connectivity index (χ3n) is 1.81. The van der Waals surface area contributed by atoms with Gasteiger partial charge in [-0.25, -0.2) is 4.79 Å². The molecule has 1 unspecified atom stereocenters. The fraction of sp³-hybridized carbons (Fsp3) is 0.364. The first-order valence-electron chi connectivity index (χ1n) is 4.76. The second kappa shape index (κ2) is 6.03. The second-order valence-electron chi connectivity index (χ2n) is 2.92. The van der Waals surface area contributed by atoms with Gasteiger partial charge in [0.1, 0.15) is 12.7 Å². The van der Waals surface area contributed by atoms with Crippen LogP contribution < -0.4 is 0 Å². The first-order chi connectivity index (χ1) is 7.24. The highest BCUT2D eigenvalue weighted by atomic mass is 16.7. The molecule has 15 heavy (non-hydrogen) atoms. The van der Waals surface area contributed by atoms with Gasteiger partial charge in [0.25, 0.3) is 0 Å². The average Bonchev–Trinajstić information content (AvgIpc) is 2.27. The number of rotatable bonds is 4. The Hall–Kier alpha value is -1.55. The number of carbonyl (C=O) groups excluding carboxylic acids is 1. The van der Waals surface area contributed by atoms with Crippen LogP contribution in [0.1, 0.15) is 18.6 Å². The molecule has 0 saturated heterocycles. The summed E-state index contributed by atoms with van der Waals surface area (Å²) in [5.74, 6) is 0. The van der Waals surface area contributed by atoms with Gasteiger partial charge in [-0.3, -0.25) is 0 Å². The molecule has 0 radical (unpaired) electrons. The van der Waals surface area contributed by atoms with Gasteiger partial charge >= 0.3 is 6.16 Å². The van der Waals surface area contributed by atoms with E-state index in [4.69, 9.17) is 0 Å². The van der Waals surface area contributed by atoms with Crippen LogP contribution in [-0.2, 0) is 9.47 Å². The molecule has 1 aromatic carbocycles. The lowest BCUT2D eigenvalue weighted by atomic mass is 10.1. The molecular formula is C11H14O4. The summed E-state index contributed by atoms with van der Waals surface area (Å²) in [6.07, 6.45) is -1.57. The first kappa shape index (κ1) is 11.5. The summed E-state index contributed by atoms with van der Waals surface area (Å²) >= 11 is 0. The Balaban J connectivity index is 2.37. The molecule has 0 aromatic heterocycles. The monoisotopic (exact) mass is 210 g/mol. The lowest BCUT2D eigenvalue weighted by molar-refractivity contribution is 0.0207. The predicted molar refractivity (Wildman–Crippen MR) is 54.4 cm³/mol. The summed E-state index contributed by atoms with van der Waals surface area (Å²) in [5, 5.41) is 9.60. The quantitative estimate of drug-likeness (QED) is 0.771. The normalized spacial score (nSPS) is 11.9. The summed E-state index contributed by atoms with van der Waals surface area (Å²) in [4.78, 5) is 10.8. The third-order valence-corrected chi connectivity index (χ3v) is 1.81. The van der Waals surface area contributed by atoms with E-state index < -0.39 is 12.3 Å². The van der Waals surface area contributed by atoms with Gasteiger partial charge in [0.05, 0.1) is 6.61 Å². The zero-order valence-corrected chi connectivity index (χ0v) is 8.55. The lowest BCUT2D eigenvalue weighted by Crippen LogP contribution is -2.13. The number of hydrogen-bond acceptors (Lipinski definition) is 4. The predicted octanol–water partition coefficient (Wildman–Crippen LogP) is 1.89. The highest BCUT2D eigenvalue weighted by Gasteiger charge is 2.10. The molecule has 1 N–H and O–H groups in total. The Morgan fingerprint density at radius 2 is 2.00 bits per heavy atom. The van der Waals surface area contributed by atoms with E-state index in [0.29, 0.717) is 5.56 Å². The molecule has 4 heteroatoms. The van der Waals surface area contributed by atoms with E-state index in [1.165, 1.54) is 0 Å². The molecule has 1 rings (SSSR count). The van der Waals surface area contributed by atoms with E-state index >= 15 is 0 Å². The van der Waals surface area contributed by atoms with Crippen molar-refractivity contribution in [2.24, 2.45) is 0 Å². The molecule has 4 nitrogen and oxygen atoms in total. The van der Waals surface area contributed by atoms with Crippen molar-refractivity contribution in [3.8, 4) is 0 Å². The van der Waals surface area contributed by atoms with Gasteiger partial charge in [-0.1, -0.05) is 30.3 Å². The van der Waals surface area contributed by atoms with Gasteiger partial charge in [0.2, 0.25) is 0 Å². The fourth-order valence-corrected chi connectivity index (χ4v) is 1.08. The molecule has 0 aliphatic carbocycles. The maximum Gasteiger partial charge on any atom is 0.508 e. The molecule has 0 heterocycles. The molecule has 82 valence electrons. The van der Waals surface area contributed by atoms with Crippen molar-refractivity contribution in [1.29, 1.82) is 0 Å². The van der Waals surface area contributed by atoms with Gasteiger partial charge in [-0.05, 0) is 12.5 Å². The molecule has 0 aliphatic heterocycles. The highest BCUT2D eigenvalue weighted by Crippen LogP contribution is 2.12. The maximum atomic E-state index is 10.8. The third kappa shape index (κ3) is 3.99. The van der Waals surface area contributed by atoms with Crippen LogP contribution in [0.3, 0.4) is 0 Å². The van der Waals surface area contributed by atoms with Gasteiger partial charge in [-0.2, -0.15) is 0 Å². The summed E-state index contributed by atoms with van der Waals surface area (Å²) in [6.45, 7) is 1.86. The van der Waals surface area contributed by atoms with Crippen LogP contribution >= 0.6 is 0 Å². The Morgan fingerprint density at radius 1 is 1.33 bits per heavy atom. The van der Waals surface area contributed by atoms with E-state index in [9.17, 15) is 9.90 Å². The van der Waals surface area contributed by atoms with E-state index in [2.05, 4.69) is 9.47 Å². The van der Waals surface area contributed by atoms with Gasteiger partial charge in [-0.15, -0.1) is 0 Å².